The average molecular weight is 140 g/mol. The molecule has 0 aromatic rings. The van der Waals surface area contributed by atoms with Gasteiger partial charge in [-0.25, -0.2) is 0 Å². The van der Waals surface area contributed by atoms with Crippen LogP contribution in [0, 0.1) is 5.41 Å². The number of halogens is 2. The summed E-state index contributed by atoms with van der Waals surface area (Å²) in [6.45, 7) is 5.46. The lowest BCUT2D eigenvalue weighted by molar-refractivity contribution is 0.464. The SMILES string of the molecule is CC(C)(C)CP(F)F. The van der Waals surface area contributed by atoms with Crippen molar-refractivity contribution in [3.05, 3.63) is 0 Å². The Kier molecular flexibility index (Phi) is 2.82. The van der Waals surface area contributed by atoms with Crippen LogP contribution in [-0.2, 0) is 0 Å². The Morgan fingerprint density at radius 2 is 1.62 bits per heavy atom. The van der Waals surface area contributed by atoms with Crippen LogP contribution in [0.5, 0.6) is 0 Å². The smallest absolute Gasteiger partial charge is 0.189 e. The molecule has 0 nitrogen and oxygen atoms in total. The zero-order valence-corrected chi connectivity index (χ0v) is 6.30. The van der Waals surface area contributed by atoms with Gasteiger partial charge in [0.2, 0.25) is 0 Å². The third kappa shape index (κ3) is 6.29. The van der Waals surface area contributed by atoms with Gasteiger partial charge in [0.1, 0.15) is 0 Å². The van der Waals surface area contributed by atoms with E-state index in [0.29, 0.717) is 0 Å². The third-order valence-corrected chi connectivity index (χ3v) is 1.78. The molecule has 0 unspecified atom stereocenters. The molecule has 0 bridgehead atoms. The van der Waals surface area contributed by atoms with E-state index in [0.717, 1.165) is 0 Å². The first-order valence-electron chi connectivity index (χ1n) is 2.51. The Bertz CT molecular complexity index is 65.3. The molecule has 0 aliphatic heterocycles. The fourth-order valence-electron chi connectivity index (χ4n) is 0.359. The molecule has 50 valence electrons. The summed E-state index contributed by atoms with van der Waals surface area (Å²) in [7, 11) is -2.69. The molecule has 0 rings (SSSR count). The lowest BCUT2D eigenvalue weighted by Crippen LogP contribution is -2.07. The van der Waals surface area contributed by atoms with Gasteiger partial charge in [-0.3, -0.25) is 0 Å². The van der Waals surface area contributed by atoms with E-state index in [9.17, 15) is 8.39 Å². The van der Waals surface area contributed by atoms with E-state index in [1.807, 2.05) is 20.8 Å². The minimum Gasteiger partial charge on any atom is -0.189 e. The maximum absolute atomic E-state index is 11.6. The van der Waals surface area contributed by atoms with Crippen LogP contribution in [0.3, 0.4) is 0 Å². The second-order valence-electron chi connectivity index (χ2n) is 3.02. The monoisotopic (exact) mass is 140 g/mol. The zero-order valence-electron chi connectivity index (χ0n) is 5.41. The van der Waals surface area contributed by atoms with E-state index in [1.54, 1.807) is 0 Å². The quantitative estimate of drug-likeness (QED) is 0.490. The van der Waals surface area contributed by atoms with Crippen LogP contribution in [0.1, 0.15) is 20.8 Å². The van der Waals surface area contributed by atoms with Gasteiger partial charge in [-0.1, -0.05) is 20.8 Å². The Morgan fingerprint density at radius 3 is 1.62 bits per heavy atom. The first kappa shape index (κ1) is 8.29. The van der Waals surface area contributed by atoms with Gasteiger partial charge in [0.05, 0.1) is 0 Å². The van der Waals surface area contributed by atoms with Crippen LogP contribution < -0.4 is 0 Å². The maximum atomic E-state index is 11.6. The average Bonchev–Trinajstić information content (AvgIpc) is 1.21. The molecule has 0 radical (unpaired) electrons. The van der Waals surface area contributed by atoms with Gasteiger partial charge in [0, 0.05) is 6.16 Å². The standard InChI is InChI=1S/C5H11F2P/c1-5(2,3)4-8(6)7/h4H2,1-3H3. The van der Waals surface area contributed by atoms with E-state index in [1.165, 1.54) is 0 Å². The van der Waals surface area contributed by atoms with Crippen molar-refractivity contribution in [3.8, 4) is 0 Å². The molecule has 8 heavy (non-hydrogen) atoms. The molecule has 0 N–H and O–H groups in total. The molecule has 0 aliphatic rings. The Labute approximate surface area is 50.3 Å². The molecular weight excluding hydrogens is 129 g/mol. The van der Waals surface area contributed by atoms with Crippen molar-refractivity contribution in [1.82, 2.24) is 0 Å². The summed E-state index contributed by atoms with van der Waals surface area (Å²) in [6, 6.07) is 0. The van der Waals surface area contributed by atoms with Crippen LogP contribution in [0.4, 0.5) is 8.39 Å². The molecule has 0 atom stereocenters. The molecule has 0 amide bonds. The first-order valence-corrected chi connectivity index (χ1v) is 3.82. The summed E-state index contributed by atoms with van der Waals surface area (Å²) in [5.41, 5.74) is -0.199. The summed E-state index contributed by atoms with van der Waals surface area (Å²) >= 11 is 0. The fourth-order valence-corrected chi connectivity index (χ4v) is 1.08. The Morgan fingerprint density at radius 1 is 1.25 bits per heavy atom. The highest BCUT2D eigenvalue weighted by Crippen LogP contribution is 2.43. The minimum absolute atomic E-state index is 0.0579. The van der Waals surface area contributed by atoms with Crippen molar-refractivity contribution in [2.24, 2.45) is 5.41 Å². The molecule has 0 aliphatic carbocycles. The molecule has 0 spiro atoms. The molecule has 0 saturated heterocycles. The normalized spacial score (nSPS) is 12.8. The van der Waals surface area contributed by atoms with Crippen LogP contribution in [0.25, 0.3) is 0 Å². The van der Waals surface area contributed by atoms with Gasteiger partial charge in [-0.15, -0.1) is 0 Å². The zero-order chi connectivity index (χ0) is 6.78. The van der Waals surface area contributed by atoms with E-state index in [4.69, 9.17) is 0 Å². The van der Waals surface area contributed by atoms with Gasteiger partial charge < -0.3 is 0 Å². The van der Waals surface area contributed by atoms with E-state index in [-0.39, 0.29) is 11.6 Å². The van der Waals surface area contributed by atoms with E-state index >= 15 is 0 Å². The third-order valence-electron chi connectivity index (χ3n) is 0.594. The molecular formula is C5H11F2P. The second-order valence-corrected chi connectivity index (χ2v) is 3.94. The lowest BCUT2D eigenvalue weighted by Gasteiger charge is -2.15. The largest absolute Gasteiger partial charge is 0.266 e. The summed E-state index contributed by atoms with van der Waals surface area (Å²) in [6.07, 6.45) is 0.0579. The summed E-state index contributed by atoms with van der Waals surface area (Å²) in [4.78, 5) is 0. The predicted octanol–water partition coefficient (Wildman–Crippen LogP) is 3.28. The number of hydrogen-bond acceptors (Lipinski definition) is 0. The minimum atomic E-state index is -2.69. The molecule has 3 heteroatoms. The second kappa shape index (κ2) is 2.72. The van der Waals surface area contributed by atoms with Gasteiger partial charge in [-0.2, -0.15) is 8.39 Å². The lowest BCUT2D eigenvalue weighted by atomic mass is 10.0. The maximum Gasteiger partial charge on any atom is 0.266 e. The highest BCUT2D eigenvalue weighted by molar-refractivity contribution is 7.46. The van der Waals surface area contributed by atoms with Gasteiger partial charge in [-0.05, 0) is 5.41 Å². The highest BCUT2D eigenvalue weighted by atomic mass is 31.2. The van der Waals surface area contributed by atoms with Crippen LogP contribution in [-0.4, -0.2) is 6.16 Å². The predicted molar refractivity (Wildman–Crippen MR) is 33.5 cm³/mol. The van der Waals surface area contributed by atoms with Crippen molar-refractivity contribution in [2.75, 3.05) is 6.16 Å². The first-order chi connectivity index (χ1) is 3.42. The van der Waals surface area contributed by atoms with E-state index < -0.39 is 8.54 Å². The van der Waals surface area contributed by atoms with Gasteiger partial charge in [0.25, 0.3) is 8.54 Å². The van der Waals surface area contributed by atoms with Crippen LogP contribution in [0.15, 0.2) is 0 Å². The Hall–Kier alpha value is 0.290. The summed E-state index contributed by atoms with van der Waals surface area (Å²) in [5, 5.41) is 0. The van der Waals surface area contributed by atoms with Gasteiger partial charge >= 0.3 is 0 Å². The van der Waals surface area contributed by atoms with Crippen molar-refractivity contribution < 1.29 is 8.39 Å². The van der Waals surface area contributed by atoms with Crippen LogP contribution in [0.2, 0.25) is 0 Å². The highest BCUT2D eigenvalue weighted by Gasteiger charge is 2.17. The van der Waals surface area contributed by atoms with E-state index in [2.05, 4.69) is 0 Å². The van der Waals surface area contributed by atoms with Crippen molar-refractivity contribution in [1.29, 1.82) is 0 Å². The molecule has 0 aromatic carbocycles. The molecule has 0 fully saturated rings. The van der Waals surface area contributed by atoms with Gasteiger partial charge in [0.15, 0.2) is 0 Å². The number of rotatable bonds is 1. The molecule has 0 aromatic heterocycles. The number of hydrogen-bond donors (Lipinski definition) is 0. The van der Waals surface area contributed by atoms with Crippen molar-refractivity contribution in [2.45, 2.75) is 20.8 Å². The van der Waals surface area contributed by atoms with Crippen LogP contribution >= 0.6 is 8.54 Å². The fraction of sp³-hybridized carbons (Fsp3) is 1.00. The Balaban J connectivity index is 3.39. The van der Waals surface area contributed by atoms with Crippen molar-refractivity contribution in [3.63, 3.8) is 0 Å². The summed E-state index contributed by atoms with van der Waals surface area (Å²) < 4.78 is 23.2. The molecule has 0 heterocycles. The topological polar surface area (TPSA) is 0 Å². The van der Waals surface area contributed by atoms with Crippen molar-refractivity contribution >= 4 is 8.54 Å². The molecule has 0 saturated carbocycles. The summed E-state index contributed by atoms with van der Waals surface area (Å²) in [5.74, 6) is 0.